The number of hydrogen-bond acceptors (Lipinski definition) is 3. The lowest BCUT2D eigenvalue weighted by Gasteiger charge is -2.01. The molecule has 0 spiro atoms. The maximum Gasteiger partial charge on any atom is 0.272 e. The monoisotopic (exact) mass is 446 g/mol. The second kappa shape index (κ2) is 7.59. The zero-order valence-electron chi connectivity index (χ0n) is 12.4. The molecule has 0 atom stereocenters. The van der Waals surface area contributed by atoms with E-state index in [1.807, 2.05) is 36.4 Å². The Hall–Kier alpha value is -2.18. The van der Waals surface area contributed by atoms with Gasteiger partial charge in [-0.2, -0.15) is 5.10 Å². The smallest absolute Gasteiger partial charge is 0.272 e. The minimum absolute atomic E-state index is 0.293. The molecule has 4 nitrogen and oxygen atoms in total. The van der Waals surface area contributed by atoms with Crippen LogP contribution in [0.4, 0.5) is 0 Å². The third kappa shape index (κ3) is 4.01. The van der Waals surface area contributed by atoms with Crippen LogP contribution in [0.5, 0.6) is 0 Å². The number of furan rings is 1. The molecule has 1 heterocycles. The van der Waals surface area contributed by atoms with Gasteiger partial charge in [0.1, 0.15) is 11.5 Å². The van der Waals surface area contributed by atoms with Gasteiger partial charge in [0.15, 0.2) is 0 Å². The van der Waals surface area contributed by atoms with Crippen LogP contribution >= 0.6 is 31.9 Å². The van der Waals surface area contributed by atoms with Gasteiger partial charge in [0.2, 0.25) is 0 Å². The van der Waals surface area contributed by atoms with E-state index in [-0.39, 0.29) is 5.91 Å². The number of carbonyl (C=O) groups excluding carboxylic acids is 1. The Balaban J connectivity index is 1.66. The van der Waals surface area contributed by atoms with Gasteiger partial charge in [-0.05, 0) is 52.3 Å². The molecular formula is C18H12Br2N2O2. The van der Waals surface area contributed by atoms with Crippen molar-refractivity contribution < 1.29 is 9.21 Å². The standard InChI is InChI=1S/C18H12Br2N2O2/c19-13-7-5-12(6-8-13)17-10-9-14(24-17)11-21-22-18(23)15-3-1-2-4-16(15)20/h1-11H,(H,22,23)/b21-11-. The molecule has 0 fully saturated rings. The van der Waals surface area contributed by atoms with Crippen LogP contribution in [-0.2, 0) is 0 Å². The van der Waals surface area contributed by atoms with E-state index in [9.17, 15) is 4.79 Å². The molecule has 3 aromatic rings. The van der Waals surface area contributed by atoms with Crippen molar-refractivity contribution in [2.75, 3.05) is 0 Å². The highest BCUT2D eigenvalue weighted by Crippen LogP contribution is 2.23. The van der Waals surface area contributed by atoms with Crippen LogP contribution in [0.25, 0.3) is 11.3 Å². The van der Waals surface area contributed by atoms with Gasteiger partial charge in [-0.15, -0.1) is 0 Å². The number of rotatable bonds is 4. The van der Waals surface area contributed by atoms with E-state index in [0.717, 1.165) is 15.8 Å². The fourth-order valence-electron chi connectivity index (χ4n) is 2.05. The second-order valence-electron chi connectivity index (χ2n) is 4.89. The van der Waals surface area contributed by atoms with Crippen LogP contribution < -0.4 is 5.43 Å². The summed E-state index contributed by atoms with van der Waals surface area (Å²) in [6.07, 6.45) is 1.47. The fourth-order valence-corrected chi connectivity index (χ4v) is 2.78. The number of benzene rings is 2. The van der Waals surface area contributed by atoms with Crippen LogP contribution in [0.1, 0.15) is 16.1 Å². The maximum absolute atomic E-state index is 12.0. The van der Waals surface area contributed by atoms with E-state index < -0.39 is 0 Å². The Morgan fingerprint density at radius 3 is 2.50 bits per heavy atom. The number of nitrogens with one attached hydrogen (secondary N) is 1. The highest BCUT2D eigenvalue weighted by Gasteiger charge is 2.08. The van der Waals surface area contributed by atoms with Crippen LogP contribution in [0.2, 0.25) is 0 Å². The predicted octanol–water partition coefficient (Wildman–Crippen LogP) is 5.24. The lowest BCUT2D eigenvalue weighted by atomic mass is 10.2. The van der Waals surface area contributed by atoms with Crippen molar-refractivity contribution in [2.24, 2.45) is 5.10 Å². The summed E-state index contributed by atoms with van der Waals surface area (Å²) in [5.74, 6) is 1.000. The van der Waals surface area contributed by atoms with Crippen molar-refractivity contribution in [2.45, 2.75) is 0 Å². The van der Waals surface area contributed by atoms with Crippen molar-refractivity contribution >= 4 is 44.0 Å². The minimum Gasteiger partial charge on any atom is -0.455 e. The molecule has 0 bridgehead atoms. The largest absolute Gasteiger partial charge is 0.455 e. The SMILES string of the molecule is O=C(N/N=C\c1ccc(-c2ccc(Br)cc2)o1)c1ccccc1Br. The molecule has 1 aromatic heterocycles. The van der Waals surface area contributed by atoms with E-state index in [0.29, 0.717) is 15.8 Å². The summed E-state index contributed by atoms with van der Waals surface area (Å²) in [6.45, 7) is 0. The Labute approximate surface area is 155 Å². The third-order valence-electron chi connectivity index (χ3n) is 3.23. The zero-order chi connectivity index (χ0) is 16.9. The quantitative estimate of drug-likeness (QED) is 0.439. The first-order valence-corrected chi connectivity index (χ1v) is 8.66. The fraction of sp³-hybridized carbons (Fsp3) is 0. The normalized spacial score (nSPS) is 10.9. The summed E-state index contributed by atoms with van der Waals surface area (Å²) in [5.41, 5.74) is 3.96. The lowest BCUT2D eigenvalue weighted by Crippen LogP contribution is -2.17. The molecule has 2 aromatic carbocycles. The summed E-state index contributed by atoms with van der Waals surface area (Å²) < 4.78 is 7.42. The molecule has 0 aliphatic heterocycles. The Morgan fingerprint density at radius 1 is 1.00 bits per heavy atom. The van der Waals surface area contributed by atoms with Gasteiger partial charge < -0.3 is 4.42 Å². The molecule has 1 N–H and O–H groups in total. The lowest BCUT2D eigenvalue weighted by molar-refractivity contribution is 0.0954. The van der Waals surface area contributed by atoms with E-state index in [1.165, 1.54) is 6.21 Å². The van der Waals surface area contributed by atoms with Crippen LogP contribution in [0, 0.1) is 0 Å². The van der Waals surface area contributed by atoms with E-state index >= 15 is 0 Å². The van der Waals surface area contributed by atoms with Gasteiger partial charge in [-0.1, -0.05) is 40.2 Å². The van der Waals surface area contributed by atoms with Crippen molar-refractivity contribution in [3.05, 3.63) is 80.9 Å². The zero-order valence-corrected chi connectivity index (χ0v) is 15.5. The van der Waals surface area contributed by atoms with E-state index in [1.54, 1.807) is 24.3 Å². The first-order chi connectivity index (χ1) is 11.6. The molecule has 6 heteroatoms. The van der Waals surface area contributed by atoms with Gasteiger partial charge in [0, 0.05) is 14.5 Å². The minimum atomic E-state index is -0.293. The first kappa shape index (κ1) is 16.7. The van der Waals surface area contributed by atoms with Gasteiger partial charge in [0.25, 0.3) is 5.91 Å². The van der Waals surface area contributed by atoms with Gasteiger partial charge in [-0.3, -0.25) is 4.79 Å². The summed E-state index contributed by atoms with van der Waals surface area (Å²) >= 11 is 6.73. The average molecular weight is 448 g/mol. The van der Waals surface area contributed by atoms with Crippen LogP contribution in [-0.4, -0.2) is 12.1 Å². The van der Waals surface area contributed by atoms with Crippen molar-refractivity contribution in [1.82, 2.24) is 5.43 Å². The maximum atomic E-state index is 12.0. The second-order valence-corrected chi connectivity index (χ2v) is 6.66. The molecule has 0 aliphatic carbocycles. The topological polar surface area (TPSA) is 54.6 Å². The number of hydrogen-bond donors (Lipinski definition) is 1. The summed E-state index contributed by atoms with van der Waals surface area (Å²) in [7, 11) is 0. The molecule has 0 unspecified atom stereocenters. The van der Waals surface area contributed by atoms with Gasteiger partial charge in [0.05, 0.1) is 11.8 Å². The molecule has 1 amide bonds. The highest BCUT2D eigenvalue weighted by atomic mass is 79.9. The summed E-state index contributed by atoms with van der Waals surface area (Å²) in [4.78, 5) is 12.0. The molecule has 120 valence electrons. The molecular weight excluding hydrogens is 436 g/mol. The molecule has 0 aliphatic rings. The number of carbonyl (C=O) groups is 1. The highest BCUT2D eigenvalue weighted by molar-refractivity contribution is 9.10. The van der Waals surface area contributed by atoms with Crippen molar-refractivity contribution in [3.63, 3.8) is 0 Å². The molecule has 24 heavy (non-hydrogen) atoms. The van der Waals surface area contributed by atoms with Gasteiger partial charge >= 0.3 is 0 Å². The van der Waals surface area contributed by atoms with Crippen LogP contribution in [0.15, 0.2) is 79.1 Å². The number of nitrogens with zero attached hydrogens (tertiary/aromatic N) is 1. The predicted molar refractivity (Wildman–Crippen MR) is 101 cm³/mol. The average Bonchev–Trinajstić information content (AvgIpc) is 3.04. The first-order valence-electron chi connectivity index (χ1n) is 7.07. The molecule has 3 rings (SSSR count). The van der Waals surface area contributed by atoms with E-state index in [4.69, 9.17) is 4.42 Å². The summed E-state index contributed by atoms with van der Waals surface area (Å²) in [6, 6.07) is 18.6. The Kier molecular flexibility index (Phi) is 5.27. The van der Waals surface area contributed by atoms with Crippen molar-refractivity contribution in [3.8, 4) is 11.3 Å². The third-order valence-corrected chi connectivity index (χ3v) is 4.45. The number of amides is 1. The molecule has 0 saturated heterocycles. The van der Waals surface area contributed by atoms with Gasteiger partial charge in [-0.25, -0.2) is 5.43 Å². The molecule has 0 saturated carbocycles. The Bertz CT molecular complexity index is 886. The summed E-state index contributed by atoms with van der Waals surface area (Å²) in [5, 5.41) is 3.93. The van der Waals surface area contributed by atoms with Crippen LogP contribution in [0.3, 0.4) is 0 Å². The van der Waals surface area contributed by atoms with E-state index in [2.05, 4.69) is 42.4 Å². The van der Waals surface area contributed by atoms with Crippen molar-refractivity contribution in [1.29, 1.82) is 0 Å². The number of hydrazone groups is 1. The molecule has 0 radical (unpaired) electrons. The number of halogens is 2. The Morgan fingerprint density at radius 2 is 1.75 bits per heavy atom.